The fourth-order valence-corrected chi connectivity index (χ4v) is 1.91. The fraction of sp³-hybridized carbons (Fsp3) is 0.333. The van der Waals surface area contributed by atoms with Gasteiger partial charge in [-0.1, -0.05) is 0 Å². The molecule has 0 radical (unpaired) electrons. The van der Waals surface area contributed by atoms with Crippen molar-refractivity contribution in [2.24, 2.45) is 0 Å². The van der Waals surface area contributed by atoms with Crippen LogP contribution in [0.5, 0.6) is 0 Å². The summed E-state index contributed by atoms with van der Waals surface area (Å²) in [6, 6.07) is 4.94. The van der Waals surface area contributed by atoms with Crippen molar-refractivity contribution < 1.29 is 19.8 Å². The smallest absolute Gasteiger partial charge is 0.337 e. The summed E-state index contributed by atoms with van der Waals surface area (Å²) in [5, 5.41) is 23.1. The highest BCUT2D eigenvalue weighted by atomic mass is 127. The Hall–Kier alpha value is -1.35. The van der Waals surface area contributed by atoms with Crippen LogP contribution >= 0.6 is 22.6 Å². The topological polar surface area (TPSA) is 98.7 Å². The van der Waals surface area contributed by atoms with Crippen LogP contribution in [0.25, 0.3) is 0 Å². The van der Waals surface area contributed by atoms with E-state index in [0.717, 1.165) is 16.1 Å². The molecule has 0 saturated heterocycles. The van der Waals surface area contributed by atoms with E-state index in [1.165, 1.54) is 0 Å². The molecule has 0 spiro atoms. The van der Waals surface area contributed by atoms with Crippen LogP contribution in [0, 0.1) is 10.5 Å². The van der Waals surface area contributed by atoms with Crippen molar-refractivity contribution >= 4 is 40.3 Å². The van der Waals surface area contributed by atoms with Gasteiger partial charge in [0.1, 0.15) is 0 Å². The van der Waals surface area contributed by atoms with Crippen LogP contribution in [0.4, 0.5) is 10.5 Å². The van der Waals surface area contributed by atoms with Gasteiger partial charge in [0.15, 0.2) is 5.60 Å². The molecule has 0 aliphatic carbocycles. The van der Waals surface area contributed by atoms with Gasteiger partial charge in [0.2, 0.25) is 0 Å². The lowest BCUT2D eigenvalue weighted by molar-refractivity contribution is -0.155. The normalized spacial score (nSPS) is 13.5. The molecule has 7 heteroatoms. The molecule has 0 aliphatic heterocycles. The maximum Gasteiger partial charge on any atom is 0.337 e. The molecule has 1 unspecified atom stereocenters. The summed E-state index contributed by atoms with van der Waals surface area (Å²) in [5.41, 5.74) is -0.460. The Labute approximate surface area is 124 Å². The second kappa shape index (κ2) is 6.20. The number of urea groups is 1. The molecule has 1 aromatic rings. The first kappa shape index (κ1) is 15.7. The van der Waals surface area contributed by atoms with Crippen LogP contribution < -0.4 is 10.6 Å². The first-order valence-electron chi connectivity index (χ1n) is 5.49. The number of amides is 2. The minimum Gasteiger partial charge on any atom is -0.479 e. The number of anilines is 1. The zero-order valence-electron chi connectivity index (χ0n) is 10.5. The maximum atomic E-state index is 11.6. The van der Waals surface area contributed by atoms with Crippen molar-refractivity contribution in [1.29, 1.82) is 0 Å². The molecule has 2 amide bonds. The quantitative estimate of drug-likeness (QED) is 0.598. The number of aliphatic carboxylic acids is 1. The van der Waals surface area contributed by atoms with Gasteiger partial charge in [0, 0.05) is 9.26 Å². The Morgan fingerprint density at radius 3 is 2.58 bits per heavy atom. The summed E-state index contributed by atoms with van der Waals surface area (Å²) in [6.45, 7) is 2.59. The van der Waals surface area contributed by atoms with Crippen molar-refractivity contribution in [2.75, 3.05) is 11.9 Å². The van der Waals surface area contributed by atoms with E-state index < -0.39 is 17.6 Å². The molecule has 0 fully saturated rings. The zero-order chi connectivity index (χ0) is 14.6. The summed E-state index contributed by atoms with van der Waals surface area (Å²) >= 11 is 2.16. The number of hydrogen-bond acceptors (Lipinski definition) is 3. The number of nitrogens with one attached hydrogen (secondary N) is 2. The summed E-state index contributed by atoms with van der Waals surface area (Å²) in [6.07, 6.45) is 0. The van der Waals surface area contributed by atoms with E-state index in [2.05, 4.69) is 33.2 Å². The predicted octanol–water partition coefficient (Wildman–Crippen LogP) is 1.56. The van der Waals surface area contributed by atoms with Crippen molar-refractivity contribution in [3.8, 4) is 0 Å². The van der Waals surface area contributed by atoms with Crippen LogP contribution in [0.1, 0.15) is 12.5 Å². The van der Waals surface area contributed by atoms with Gasteiger partial charge in [-0.15, -0.1) is 0 Å². The summed E-state index contributed by atoms with van der Waals surface area (Å²) in [7, 11) is 0. The van der Waals surface area contributed by atoms with Gasteiger partial charge in [0.25, 0.3) is 0 Å². The van der Waals surface area contributed by atoms with Crippen molar-refractivity contribution in [2.45, 2.75) is 19.4 Å². The van der Waals surface area contributed by atoms with Crippen LogP contribution in [0.2, 0.25) is 0 Å². The number of benzene rings is 1. The molecular formula is C12H15IN2O4. The number of carboxylic acid groups (broad SMARTS) is 1. The molecule has 1 atom stereocenters. The fourth-order valence-electron chi connectivity index (χ4n) is 1.26. The molecule has 6 nitrogen and oxygen atoms in total. The summed E-state index contributed by atoms with van der Waals surface area (Å²) in [5.74, 6) is -1.39. The second-order valence-corrected chi connectivity index (χ2v) is 5.59. The van der Waals surface area contributed by atoms with Gasteiger partial charge in [-0.2, -0.15) is 0 Å². The highest BCUT2D eigenvalue weighted by Crippen LogP contribution is 2.17. The third-order valence-electron chi connectivity index (χ3n) is 2.49. The molecule has 19 heavy (non-hydrogen) atoms. The van der Waals surface area contributed by atoms with Crippen LogP contribution in [-0.2, 0) is 4.79 Å². The highest BCUT2D eigenvalue weighted by Gasteiger charge is 2.30. The van der Waals surface area contributed by atoms with Crippen molar-refractivity contribution in [3.05, 3.63) is 27.3 Å². The van der Waals surface area contributed by atoms with E-state index >= 15 is 0 Å². The summed E-state index contributed by atoms with van der Waals surface area (Å²) < 4.78 is 1.05. The van der Waals surface area contributed by atoms with Gasteiger partial charge in [-0.3, -0.25) is 0 Å². The van der Waals surface area contributed by atoms with Gasteiger partial charge in [-0.25, -0.2) is 9.59 Å². The van der Waals surface area contributed by atoms with Gasteiger partial charge in [0.05, 0.1) is 6.54 Å². The Bertz CT molecular complexity index is 503. The first-order chi connectivity index (χ1) is 8.72. The lowest BCUT2D eigenvalue weighted by Crippen LogP contribution is -2.47. The Morgan fingerprint density at radius 2 is 2.05 bits per heavy atom. The number of carbonyl (C=O) groups is 2. The minimum atomic E-state index is -1.99. The predicted molar refractivity (Wildman–Crippen MR) is 79.2 cm³/mol. The van der Waals surface area contributed by atoms with E-state index in [4.69, 9.17) is 5.11 Å². The molecule has 0 aliphatic rings. The average molecular weight is 378 g/mol. The second-order valence-electron chi connectivity index (χ2n) is 4.35. The zero-order valence-corrected chi connectivity index (χ0v) is 12.7. The molecule has 104 valence electrons. The molecule has 1 rings (SSSR count). The number of aliphatic hydroxyl groups is 1. The van der Waals surface area contributed by atoms with Crippen LogP contribution in [0.15, 0.2) is 18.2 Å². The van der Waals surface area contributed by atoms with E-state index in [1.54, 1.807) is 6.07 Å². The highest BCUT2D eigenvalue weighted by molar-refractivity contribution is 14.1. The Balaban J connectivity index is 2.59. The number of halogens is 1. The molecule has 0 aromatic heterocycles. The monoisotopic (exact) mass is 378 g/mol. The standard InChI is InChI=1S/C12H15IN2O4/c1-7-5-8(13)3-4-9(7)15-11(18)14-6-12(2,19)10(16)17/h3-5,19H,6H2,1-2H3,(H,16,17)(H2,14,15,18). The van der Waals surface area contributed by atoms with E-state index in [0.29, 0.717) is 5.69 Å². The molecule has 0 bridgehead atoms. The first-order valence-corrected chi connectivity index (χ1v) is 6.57. The maximum absolute atomic E-state index is 11.6. The van der Waals surface area contributed by atoms with Crippen molar-refractivity contribution in [3.63, 3.8) is 0 Å². The van der Waals surface area contributed by atoms with Gasteiger partial charge < -0.3 is 20.8 Å². The lowest BCUT2D eigenvalue weighted by atomic mass is 10.1. The third kappa shape index (κ3) is 4.67. The molecule has 0 heterocycles. The van der Waals surface area contributed by atoms with Gasteiger partial charge in [-0.05, 0) is 60.2 Å². The largest absolute Gasteiger partial charge is 0.479 e. The molecule has 4 N–H and O–H groups in total. The van der Waals surface area contributed by atoms with Gasteiger partial charge >= 0.3 is 12.0 Å². The van der Waals surface area contributed by atoms with E-state index in [9.17, 15) is 14.7 Å². The molecular weight excluding hydrogens is 363 g/mol. The van der Waals surface area contributed by atoms with E-state index in [1.807, 2.05) is 19.1 Å². The lowest BCUT2D eigenvalue weighted by Gasteiger charge is -2.18. The SMILES string of the molecule is Cc1cc(I)ccc1NC(=O)NCC(C)(O)C(=O)O. The van der Waals surface area contributed by atoms with Crippen LogP contribution in [-0.4, -0.2) is 34.4 Å². The average Bonchev–Trinajstić information content (AvgIpc) is 2.30. The minimum absolute atomic E-state index is 0.377. The Morgan fingerprint density at radius 1 is 1.42 bits per heavy atom. The Kier molecular flexibility index (Phi) is 5.12. The number of rotatable bonds is 4. The molecule has 0 saturated carbocycles. The number of carbonyl (C=O) groups excluding carboxylic acids is 1. The number of hydrogen-bond donors (Lipinski definition) is 4. The number of aryl methyl sites for hydroxylation is 1. The number of carboxylic acids is 1. The van der Waals surface area contributed by atoms with E-state index in [-0.39, 0.29) is 6.54 Å². The molecule has 1 aromatic carbocycles. The van der Waals surface area contributed by atoms with Crippen LogP contribution in [0.3, 0.4) is 0 Å². The third-order valence-corrected chi connectivity index (χ3v) is 3.16. The summed E-state index contributed by atoms with van der Waals surface area (Å²) in [4.78, 5) is 22.3. The van der Waals surface area contributed by atoms with Crippen molar-refractivity contribution in [1.82, 2.24) is 5.32 Å².